The highest BCUT2D eigenvalue weighted by Gasteiger charge is 2.13. The highest BCUT2D eigenvalue weighted by Crippen LogP contribution is 2.30. The Morgan fingerprint density at radius 3 is 2.74 bits per heavy atom. The van der Waals surface area contributed by atoms with Gasteiger partial charge < -0.3 is 9.72 Å². The number of pyridine rings is 1. The maximum absolute atomic E-state index is 13.7. The topological polar surface area (TPSA) is 65.9 Å². The molecule has 0 aliphatic rings. The van der Waals surface area contributed by atoms with Crippen molar-refractivity contribution in [1.82, 2.24) is 4.98 Å². The van der Waals surface area contributed by atoms with Gasteiger partial charge in [0.05, 0.1) is 35.3 Å². The van der Waals surface area contributed by atoms with Crippen LogP contribution in [0.3, 0.4) is 0 Å². The number of aromatic nitrogens is 1. The van der Waals surface area contributed by atoms with E-state index < -0.39 is 5.82 Å². The molecule has 0 saturated carbocycles. The van der Waals surface area contributed by atoms with E-state index in [4.69, 9.17) is 21.6 Å². The maximum Gasteiger partial charge on any atom is 0.193 e. The van der Waals surface area contributed by atoms with Gasteiger partial charge in [-0.25, -0.2) is 4.39 Å². The summed E-state index contributed by atoms with van der Waals surface area (Å²) in [5.74, 6) is -0.372. The Bertz CT molecular complexity index is 1020. The fraction of sp³-hybridized carbons (Fsp3) is 0.0588. The molecule has 0 radical (unpaired) electrons. The summed E-state index contributed by atoms with van der Waals surface area (Å²) in [5, 5.41) is 9.63. The third-order valence-corrected chi connectivity index (χ3v) is 3.79. The molecule has 2 aromatic carbocycles. The van der Waals surface area contributed by atoms with Gasteiger partial charge in [0.1, 0.15) is 11.6 Å². The standard InChI is InChI=1S/C17H10ClFN2O2/c1-23-16-6-10(19)5-14-17(16)15(22)7-13(21-14)11-4-9(8-20)2-3-12(11)18/h2-7H,1H3,(H,21,22). The highest BCUT2D eigenvalue weighted by atomic mass is 35.5. The molecule has 0 fully saturated rings. The molecule has 0 spiro atoms. The number of nitrogens with zero attached hydrogens (tertiary/aromatic N) is 1. The maximum atomic E-state index is 13.7. The van der Waals surface area contributed by atoms with Crippen molar-refractivity contribution in [2.75, 3.05) is 7.11 Å². The Hall–Kier alpha value is -2.84. The molecule has 0 aliphatic heterocycles. The van der Waals surface area contributed by atoms with Crippen LogP contribution in [0, 0.1) is 17.1 Å². The van der Waals surface area contributed by atoms with Gasteiger partial charge in [0.25, 0.3) is 0 Å². The van der Waals surface area contributed by atoms with Crippen LogP contribution in [-0.4, -0.2) is 12.1 Å². The molecule has 0 aliphatic carbocycles. The summed E-state index contributed by atoms with van der Waals surface area (Å²) in [6, 6.07) is 10.4. The minimum absolute atomic E-state index is 0.157. The van der Waals surface area contributed by atoms with Crippen LogP contribution in [0.25, 0.3) is 22.2 Å². The Morgan fingerprint density at radius 2 is 2.04 bits per heavy atom. The second kappa shape index (κ2) is 5.75. The molecule has 4 nitrogen and oxygen atoms in total. The lowest BCUT2D eigenvalue weighted by molar-refractivity contribution is 0.416. The van der Waals surface area contributed by atoms with E-state index in [0.29, 0.717) is 27.4 Å². The zero-order valence-electron chi connectivity index (χ0n) is 12.0. The van der Waals surface area contributed by atoms with Crippen LogP contribution in [-0.2, 0) is 0 Å². The van der Waals surface area contributed by atoms with Crippen LogP contribution in [0.1, 0.15) is 5.56 Å². The molecule has 0 atom stereocenters. The van der Waals surface area contributed by atoms with E-state index >= 15 is 0 Å². The lowest BCUT2D eigenvalue weighted by Gasteiger charge is -2.09. The van der Waals surface area contributed by atoms with Gasteiger partial charge in [-0.2, -0.15) is 5.26 Å². The molecule has 0 unspecified atom stereocenters. The average molecular weight is 329 g/mol. The number of rotatable bonds is 2. The van der Waals surface area contributed by atoms with E-state index in [0.717, 1.165) is 6.07 Å². The van der Waals surface area contributed by atoms with E-state index in [1.165, 1.54) is 19.2 Å². The zero-order valence-corrected chi connectivity index (χ0v) is 12.7. The van der Waals surface area contributed by atoms with Crippen LogP contribution in [0.15, 0.2) is 41.2 Å². The van der Waals surface area contributed by atoms with Gasteiger partial charge >= 0.3 is 0 Å². The van der Waals surface area contributed by atoms with Gasteiger partial charge in [-0.3, -0.25) is 4.79 Å². The average Bonchev–Trinajstić information content (AvgIpc) is 2.53. The number of nitriles is 1. The van der Waals surface area contributed by atoms with Gasteiger partial charge in [-0.1, -0.05) is 11.6 Å². The first-order chi connectivity index (χ1) is 11.0. The largest absolute Gasteiger partial charge is 0.496 e. The molecule has 114 valence electrons. The number of ether oxygens (including phenoxy) is 1. The zero-order chi connectivity index (χ0) is 16.6. The Labute approximate surface area is 135 Å². The van der Waals surface area contributed by atoms with Crippen LogP contribution in [0.2, 0.25) is 5.02 Å². The normalized spacial score (nSPS) is 10.5. The summed E-state index contributed by atoms with van der Waals surface area (Å²) in [7, 11) is 1.37. The van der Waals surface area contributed by atoms with Gasteiger partial charge in [0.15, 0.2) is 5.43 Å². The summed E-state index contributed by atoms with van der Waals surface area (Å²) in [5.41, 5.74) is 1.26. The molecule has 0 saturated heterocycles. The summed E-state index contributed by atoms with van der Waals surface area (Å²) < 4.78 is 18.7. The summed E-state index contributed by atoms with van der Waals surface area (Å²) in [6.07, 6.45) is 0. The molecule has 3 rings (SSSR count). The van der Waals surface area contributed by atoms with Crippen LogP contribution >= 0.6 is 11.6 Å². The molecular weight excluding hydrogens is 319 g/mol. The van der Waals surface area contributed by atoms with Crippen molar-refractivity contribution < 1.29 is 9.13 Å². The minimum atomic E-state index is -0.529. The van der Waals surface area contributed by atoms with Crippen molar-refractivity contribution in [3.63, 3.8) is 0 Å². The van der Waals surface area contributed by atoms with E-state index in [1.807, 2.05) is 6.07 Å². The molecular formula is C17H10ClFN2O2. The number of halogens is 2. The Kier molecular flexibility index (Phi) is 3.77. The first-order valence-electron chi connectivity index (χ1n) is 6.64. The number of H-pyrrole nitrogens is 1. The fourth-order valence-corrected chi connectivity index (χ4v) is 2.65. The van der Waals surface area contributed by atoms with Gasteiger partial charge in [-0.05, 0) is 24.3 Å². The number of hydrogen-bond acceptors (Lipinski definition) is 3. The first kappa shape index (κ1) is 15.1. The molecule has 6 heteroatoms. The monoisotopic (exact) mass is 328 g/mol. The molecule has 23 heavy (non-hydrogen) atoms. The van der Waals surface area contributed by atoms with Crippen molar-refractivity contribution in [1.29, 1.82) is 5.26 Å². The Balaban J connectivity index is 2.33. The van der Waals surface area contributed by atoms with Crippen LogP contribution < -0.4 is 10.2 Å². The summed E-state index contributed by atoms with van der Waals surface area (Å²) >= 11 is 6.15. The fourth-order valence-electron chi connectivity index (χ4n) is 2.43. The van der Waals surface area contributed by atoms with Gasteiger partial charge in [0, 0.05) is 22.7 Å². The van der Waals surface area contributed by atoms with Crippen molar-refractivity contribution in [3.05, 3.63) is 63.0 Å². The quantitative estimate of drug-likeness (QED) is 0.776. The summed E-state index contributed by atoms with van der Waals surface area (Å²) in [4.78, 5) is 15.4. The second-order valence-electron chi connectivity index (χ2n) is 4.88. The number of benzene rings is 2. The van der Waals surface area contributed by atoms with E-state index in [9.17, 15) is 9.18 Å². The minimum Gasteiger partial charge on any atom is -0.496 e. The predicted molar refractivity (Wildman–Crippen MR) is 86.2 cm³/mol. The third kappa shape index (κ3) is 2.65. The van der Waals surface area contributed by atoms with Crippen molar-refractivity contribution in [3.8, 4) is 23.1 Å². The van der Waals surface area contributed by atoms with Crippen molar-refractivity contribution in [2.24, 2.45) is 0 Å². The van der Waals surface area contributed by atoms with Crippen LogP contribution in [0.5, 0.6) is 5.75 Å². The van der Waals surface area contributed by atoms with Crippen molar-refractivity contribution >= 4 is 22.5 Å². The van der Waals surface area contributed by atoms with Crippen LogP contribution in [0.4, 0.5) is 4.39 Å². The molecule has 0 bridgehead atoms. The molecule has 1 heterocycles. The third-order valence-electron chi connectivity index (χ3n) is 3.46. The number of fused-ring (bicyclic) bond motifs is 1. The SMILES string of the molecule is COc1cc(F)cc2[nH]c(-c3cc(C#N)ccc3Cl)cc(=O)c12. The summed E-state index contributed by atoms with van der Waals surface area (Å²) in [6.45, 7) is 0. The van der Waals surface area contributed by atoms with E-state index in [-0.39, 0.29) is 16.6 Å². The Morgan fingerprint density at radius 1 is 1.26 bits per heavy atom. The number of nitrogens with one attached hydrogen (secondary N) is 1. The number of methoxy groups -OCH3 is 1. The predicted octanol–water partition coefficient (Wildman–Crippen LogP) is 3.87. The van der Waals surface area contributed by atoms with E-state index in [2.05, 4.69) is 4.98 Å². The van der Waals surface area contributed by atoms with E-state index in [1.54, 1.807) is 18.2 Å². The molecule has 1 aromatic heterocycles. The lowest BCUT2D eigenvalue weighted by atomic mass is 10.1. The first-order valence-corrected chi connectivity index (χ1v) is 7.02. The lowest BCUT2D eigenvalue weighted by Crippen LogP contribution is -2.05. The molecule has 0 amide bonds. The van der Waals surface area contributed by atoms with Gasteiger partial charge in [-0.15, -0.1) is 0 Å². The smallest absolute Gasteiger partial charge is 0.193 e. The molecule has 1 N–H and O–H groups in total. The van der Waals surface area contributed by atoms with Gasteiger partial charge in [0.2, 0.25) is 0 Å². The second-order valence-corrected chi connectivity index (χ2v) is 5.29. The molecule has 3 aromatic rings. The number of aromatic amines is 1. The highest BCUT2D eigenvalue weighted by molar-refractivity contribution is 6.33. The number of hydrogen-bond donors (Lipinski definition) is 1. The van der Waals surface area contributed by atoms with Crippen molar-refractivity contribution in [2.45, 2.75) is 0 Å².